The first kappa shape index (κ1) is 16.7. The average molecular weight is 356 g/mol. The first-order valence-corrected chi connectivity index (χ1v) is 8.03. The molecule has 3 N–H and O–H groups in total. The molecule has 25 heavy (non-hydrogen) atoms. The number of hydrogen-bond acceptors (Lipinski definition) is 4. The highest BCUT2D eigenvalue weighted by Crippen LogP contribution is 2.12. The molecule has 0 radical (unpaired) electrons. The SMILES string of the molecule is O=C(NCCNC(=O)c1c[nH]c(=S)n1-c1ccccc1)c1ccco1. The molecule has 0 aliphatic rings. The molecule has 2 aromatic heterocycles. The second-order valence-corrected chi connectivity index (χ2v) is 5.53. The molecule has 0 aliphatic carbocycles. The van der Waals surface area contributed by atoms with Crippen LogP contribution in [0.25, 0.3) is 5.69 Å². The Balaban J connectivity index is 1.59. The average Bonchev–Trinajstić information content (AvgIpc) is 3.29. The van der Waals surface area contributed by atoms with Gasteiger partial charge in [0.1, 0.15) is 5.69 Å². The smallest absolute Gasteiger partial charge is 0.287 e. The molecule has 7 nitrogen and oxygen atoms in total. The summed E-state index contributed by atoms with van der Waals surface area (Å²) in [5, 5.41) is 5.41. The minimum atomic E-state index is -0.326. The highest BCUT2D eigenvalue weighted by Gasteiger charge is 2.14. The fourth-order valence-electron chi connectivity index (χ4n) is 2.31. The minimum Gasteiger partial charge on any atom is -0.459 e. The van der Waals surface area contributed by atoms with E-state index in [1.165, 1.54) is 6.26 Å². The maximum atomic E-state index is 12.4. The van der Waals surface area contributed by atoms with Crippen molar-refractivity contribution in [1.29, 1.82) is 0 Å². The van der Waals surface area contributed by atoms with Crippen molar-refractivity contribution in [2.24, 2.45) is 0 Å². The maximum Gasteiger partial charge on any atom is 0.287 e. The van der Waals surface area contributed by atoms with Crippen molar-refractivity contribution in [2.45, 2.75) is 0 Å². The van der Waals surface area contributed by atoms with Crippen LogP contribution in [-0.2, 0) is 0 Å². The summed E-state index contributed by atoms with van der Waals surface area (Å²) in [4.78, 5) is 27.0. The van der Waals surface area contributed by atoms with Crippen molar-refractivity contribution in [2.75, 3.05) is 13.1 Å². The molecular weight excluding hydrogens is 340 g/mol. The monoisotopic (exact) mass is 356 g/mol. The molecule has 0 unspecified atom stereocenters. The molecule has 0 aliphatic heterocycles. The Morgan fingerprint density at radius 1 is 1.04 bits per heavy atom. The summed E-state index contributed by atoms with van der Waals surface area (Å²) < 4.78 is 7.08. The third kappa shape index (κ3) is 3.86. The number of benzene rings is 1. The van der Waals surface area contributed by atoms with Crippen molar-refractivity contribution >= 4 is 24.0 Å². The number of nitrogens with zero attached hydrogens (tertiary/aromatic N) is 1. The standard InChI is InChI=1S/C17H16N4O3S/c22-15(18-8-9-19-16(23)14-7-4-10-24-14)13-11-20-17(25)21(13)12-5-2-1-3-6-12/h1-7,10-11H,8-9H2,(H,18,22)(H,19,23)(H,20,25). The lowest BCUT2D eigenvalue weighted by Gasteiger charge is -2.09. The normalized spacial score (nSPS) is 10.4. The number of hydrogen-bond donors (Lipinski definition) is 3. The lowest BCUT2D eigenvalue weighted by atomic mass is 10.3. The number of para-hydroxylation sites is 1. The molecule has 8 heteroatoms. The van der Waals surface area contributed by atoms with Gasteiger partial charge in [0.15, 0.2) is 10.5 Å². The van der Waals surface area contributed by atoms with Crippen LogP contribution >= 0.6 is 12.2 Å². The number of H-pyrrole nitrogens is 1. The van der Waals surface area contributed by atoms with Crippen molar-refractivity contribution in [3.63, 3.8) is 0 Å². The fourth-order valence-corrected chi connectivity index (χ4v) is 2.57. The number of aromatic amines is 1. The lowest BCUT2D eigenvalue weighted by molar-refractivity contribution is 0.0908. The molecule has 2 heterocycles. The lowest BCUT2D eigenvalue weighted by Crippen LogP contribution is -2.35. The van der Waals surface area contributed by atoms with E-state index in [-0.39, 0.29) is 30.7 Å². The van der Waals surface area contributed by atoms with E-state index < -0.39 is 0 Å². The Labute approximate surface area is 148 Å². The van der Waals surface area contributed by atoms with Gasteiger partial charge in [-0.2, -0.15) is 0 Å². The summed E-state index contributed by atoms with van der Waals surface area (Å²) in [6, 6.07) is 12.6. The molecule has 128 valence electrons. The van der Waals surface area contributed by atoms with Gasteiger partial charge in [0.25, 0.3) is 11.8 Å². The van der Waals surface area contributed by atoms with E-state index in [2.05, 4.69) is 15.6 Å². The summed E-state index contributed by atoms with van der Waals surface area (Å²) in [5.41, 5.74) is 1.19. The van der Waals surface area contributed by atoms with Crippen molar-refractivity contribution in [3.8, 4) is 5.69 Å². The second kappa shape index (κ2) is 7.63. The van der Waals surface area contributed by atoms with E-state index in [1.807, 2.05) is 30.3 Å². The number of rotatable bonds is 6. The van der Waals surface area contributed by atoms with E-state index in [4.69, 9.17) is 16.6 Å². The molecular formula is C17H16N4O3S. The molecule has 0 atom stereocenters. The van der Waals surface area contributed by atoms with Gasteiger partial charge in [-0.05, 0) is 36.5 Å². The van der Waals surface area contributed by atoms with Crippen molar-refractivity contribution in [3.05, 3.63) is 71.1 Å². The van der Waals surface area contributed by atoms with Crippen LogP contribution in [0.4, 0.5) is 0 Å². The van der Waals surface area contributed by atoms with Crippen molar-refractivity contribution < 1.29 is 14.0 Å². The van der Waals surface area contributed by atoms with Gasteiger partial charge in [-0.1, -0.05) is 18.2 Å². The molecule has 0 spiro atoms. The maximum absolute atomic E-state index is 12.4. The molecule has 3 rings (SSSR count). The highest BCUT2D eigenvalue weighted by atomic mass is 32.1. The van der Waals surface area contributed by atoms with Gasteiger partial charge in [0.05, 0.1) is 6.26 Å². The number of furan rings is 1. The van der Waals surface area contributed by atoms with Gasteiger partial charge in [0, 0.05) is 25.0 Å². The van der Waals surface area contributed by atoms with Gasteiger partial charge in [0.2, 0.25) is 0 Å². The third-order valence-electron chi connectivity index (χ3n) is 3.46. The van der Waals surface area contributed by atoms with Crippen molar-refractivity contribution in [1.82, 2.24) is 20.2 Å². The number of amides is 2. The molecule has 2 amide bonds. The minimum absolute atomic E-state index is 0.231. The zero-order valence-electron chi connectivity index (χ0n) is 13.2. The Morgan fingerprint density at radius 2 is 1.76 bits per heavy atom. The Kier molecular flexibility index (Phi) is 5.10. The van der Waals surface area contributed by atoms with Crippen LogP contribution in [0, 0.1) is 4.77 Å². The summed E-state index contributed by atoms with van der Waals surface area (Å²) in [6.45, 7) is 0.555. The Bertz CT molecular complexity index is 913. The topological polar surface area (TPSA) is 92.1 Å². The van der Waals surface area contributed by atoms with Crippen LogP contribution in [0.15, 0.2) is 59.3 Å². The molecule has 0 bridgehead atoms. The predicted molar refractivity (Wildman–Crippen MR) is 94.3 cm³/mol. The van der Waals surface area contributed by atoms with E-state index in [9.17, 15) is 9.59 Å². The first-order valence-electron chi connectivity index (χ1n) is 7.62. The quantitative estimate of drug-likeness (QED) is 0.467. The second-order valence-electron chi connectivity index (χ2n) is 5.14. The largest absolute Gasteiger partial charge is 0.459 e. The molecule has 1 aromatic carbocycles. The van der Waals surface area contributed by atoms with E-state index >= 15 is 0 Å². The number of imidazole rings is 1. The van der Waals surface area contributed by atoms with Gasteiger partial charge >= 0.3 is 0 Å². The predicted octanol–water partition coefficient (Wildman–Crippen LogP) is 2.29. The number of carbonyl (C=O) groups is 2. The van der Waals surface area contributed by atoms with E-state index in [0.717, 1.165) is 5.69 Å². The van der Waals surface area contributed by atoms with Crippen LogP contribution in [0.2, 0.25) is 0 Å². The van der Waals surface area contributed by atoms with Crippen LogP contribution in [-0.4, -0.2) is 34.5 Å². The van der Waals surface area contributed by atoms with E-state index in [0.29, 0.717) is 10.5 Å². The van der Waals surface area contributed by atoms with Crippen LogP contribution in [0.3, 0.4) is 0 Å². The number of aromatic nitrogens is 2. The molecule has 0 saturated carbocycles. The number of carbonyl (C=O) groups excluding carboxylic acids is 2. The molecule has 0 fully saturated rings. The van der Waals surface area contributed by atoms with Gasteiger partial charge in [-0.3, -0.25) is 14.2 Å². The zero-order chi connectivity index (χ0) is 17.6. The zero-order valence-corrected chi connectivity index (χ0v) is 14.0. The van der Waals surface area contributed by atoms with E-state index in [1.54, 1.807) is 22.9 Å². The summed E-state index contributed by atoms with van der Waals surface area (Å²) in [7, 11) is 0. The van der Waals surface area contributed by atoms with Gasteiger partial charge in [-0.15, -0.1) is 0 Å². The Hall–Kier alpha value is -3.13. The number of nitrogens with one attached hydrogen (secondary N) is 3. The first-order chi connectivity index (χ1) is 12.2. The van der Waals surface area contributed by atoms with Crippen LogP contribution in [0.1, 0.15) is 21.0 Å². The molecule has 3 aromatic rings. The third-order valence-corrected chi connectivity index (χ3v) is 3.76. The van der Waals surface area contributed by atoms with Crippen LogP contribution < -0.4 is 10.6 Å². The fraction of sp³-hybridized carbons (Fsp3) is 0.118. The summed E-state index contributed by atoms with van der Waals surface area (Å²) in [6.07, 6.45) is 2.99. The summed E-state index contributed by atoms with van der Waals surface area (Å²) >= 11 is 5.25. The van der Waals surface area contributed by atoms with Gasteiger partial charge < -0.3 is 20.0 Å². The highest BCUT2D eigenvalue weighted by molar-refractivity contribution is 7.71. The Morgan fingerprint density at radius 3 is 2.44 bits per heavy atom. The summed E-state index contributed by atoms with van der Waals surface area (Å²) in [5.74, 6) is -0.383. The van der Waals surface area contributed by atoms with Crippen LogP contribution in [0.5, 0.6) is 0 Å². The van der Waals surface area contributed by atoms with Gasteiger partial charge in [-0.25, -0.2) is 0 Å². The molecule has 0 saturated heterocycles.